The van der Waals surface area contributed by atoms with E-state index in [9.17, 15) is 32.0 Å². The summed E-state index contributed by atoms with van der Waals surface area (Å²) >= 11 is 0. The quantitative estimate of drug-likeness (QED) is 0.0404. The normalized spacial score (nSPS) is 17.3. The number of amides is 3. The first kappa shape index (κ1) is 49.7. The number of aromatic amines is 1. The monoisotopic (exact) mass is 990 g/mol. The number of carbonyl (C=O) groups is 4. The zero-order valence-electron chi connectivity index (χ0n) is 37.7. The maximum atomic E-state index is 15.7. The van der Waals surface area contributed by atoms with Gasteiger partial charge in [-0.25, -0.2) is 18.2 Å². The third-order valence-electron chi connectivity index (χ3n) is 11.6. The Morgan fingerprint density at radius 3 is 2.06 bits per heavy atom. The molecule has 2 aromatic heterocycles. The molecule has 8 rings (SSSR count). The lowest BCUT2D eigenvalue weighted by Gasteiger charge is -2.29. The van der Waals surface area contributed by atoms with Crippen LogP contribution in [0.3, 0.4) is 0 Å². The highest BCUT2D eigenvalue weighted by Crippen LogP contribution is 2.33. The number of ether oxygens (including phenoxy) is 6. The van der Waals surface area contributed by atoms with Crippen molar-refractivity contribution >= 4 is 50.4 Å². The van der Waals surface area contributed by atoms with Gasteiger partial charge in [0, 0.05) is 47.7 Å². The Bertz CT molecular complexity index is 2880. The van der Waals surface area contributed by atoms with Gasteiger partial charge in [-0.1, -0.05) is 18.7 Å². The van der Waals surface area contributed by atoms with Crippen LogP contribution in [-0.2, 0) is 34.0 Å². The number of aromatic nitrogens is 2. The molecule has 2 fully saturated rings. The minimum absolute atomic E-state index is 0.0103. The molecular formula is C48H49F3N6O12S. The number of pyridine rings is 1. The summed E-state index contributed by atoms with van der Waals surface area (Å²) in [5.41, 5.74) is 0.857. The summed E-state index contributed by atoms with van der Waals surface area (Å²) in [6.45, 7) is 6.36. The number of alkyl halides is 1. The average molecular weight is 991 g/mol. The van der Waals surface area contributed by atoms with Crippen molar-refractivity contribution in [2.45, 2.75) is 31.5 Å². The molecule has 2 atom stereocenters. The summed E-state index contributed by atoms with van der Waals surface area (Å²) in [6.07, 6.45) is 2.27. The molecule has 0 radical (unpaired) electrons. The van der Waals surface area contributed by atoms with Gasteiger partial charge >= 0.3 is 10.2 Å². The van der Waals surface area contributed by atoms with Gasteiger partial charge in [0.2, 0.25) is 11.7 Å². The number of H-pyrrole nitrogens is 1. The number of fused-ring (bicyclic) bond motifs is 2. The summed E-state index contributed by atoms with van der Waals surface area (Å²) in [5.74, 6) is -4.14. The fourth-order valence-electron chi connectivity index (χ4n) is 7.99. The van der Waals surface area contributed by atoms with Crippen molar-refractivity contribution in [1.82, 2.24) is 24.5 Å². The van der Waals surface area contributed by atoms with Crippen LogP contribution in [0.5, 0.6) is 11.5 Å². The molecule has 3 aliphatic heterocycles. The smallest absolute Gasteiger partial charge is 0.301 e. The fourth-order valence-corrected chi connectivity index (χ4v) is 9.26. The Kier molecular flexibility index (Phi) is 15.9. The number of anilines is 1. The Morgan fingerprint density at radius 2 is 1.41 bits per heavy atom. The van der Waals surface area contributed by atoms with E-state index in [1.807, 2.05) is 4.72 Å². The molecule has 3 aromatic carbocycles. The second-order valence-corrected chi connectivity index (χ2v) is 18.0. The van der Waals surface area contributed by atoms with E-state index in [2.05, 4.69) is 21.9 Å². The van der Waals surface area contributed by atoms with Gasteiger partial charge in [-0.3, -0.25) is 28.8 Å². The number of carbonyl (C=O) groups excluding carboxylic acids is 4. The molecule has 3 amide bonds. The summed E-state index contributed by atoms with van der Waals surface area (Å²) in [7, 11) is -4.37. The third kappa shape index (κ3) is 11.5. The molecule has 0 aliphatic carbocycles. The van der Waals surface area contributed by atoms with E-state index >= 15 is 8.78 Å². The number of imide groups is 1. The summed E-state index contributed by atoms with van der Waals surface area (Å²) < 4.78 is 106. The molecule has 0 spiro atoms. The van der Waals surface area contributed by atoms with Crippen molar-refractivity contribution in [3.8, 4) is 22.6 Å². The van der Waals surface area contributed by atoms with Gasteiger partial charge in [0.25, 0.3) is 11.8 Å². The molecule has 5 aromatic rings. The maximum absolute atomic E-state index is 15.7. The number of benzene rings is 3. The predicted octanol–water partition coefficient (Wildman–Crippen LogP) is 5.35. The van der Waals surface area contributed by atoms with Crippen molar-refractivity contribution in [1.29, 1.82) is 0 Å². The van der Waals surface area contributed by atoms with Crippen molar-refractivity contribution in [2.24, 2.45) is 0 Å². The number of allylic oxidation sites excluding steroid dienone is 1. The van der Waals surface area contributed by atoms with Crippen LogP contribution < -0.4 is 19.5 Å². The van der Waals surface area contributed by atoms with Crippen molar-refractivity contribution in [2.75, 3.05) is 83.9 Å². The number of halogens is 3. The molecule has 0 bridgehead atoms. The number of piperidine rings is 1. The number of nitrogens with zero attached hydrogens (tertiary/aromatic N) is 3. The zero-order chi connectivity index (χ0) is 49.4. The van der Waals surface area contributed by atoms with Gasteiger partial charge in [-0.15, -0.1) is 0 Å². The van der Waals surface area contributed by atoms with Gasteiger partial charge in [0.1, 0.15) is 48.4 Å². The lowest BCUT2D eigenvalue weighted by Crippen LogP contribution is -2.51. The summed E-state index contributed by atoms with van der Waals surface area (Å²) in [6, 6.07) is 14.1. The van der Waals surface area contributed by atoms with E-state index in [1.165, 1.54) is 18.3 Å². The van der Waals surface area contributed by atoms with Gasteiger partial charge in [0.15, 0.2) is 5.82 Å². The van der Waals surface area contributed by atoms with Crippen LogP contribution in [0.15, 0.2) is 85.3 Å². The van der Waals surface area contributed by atoms with Crippen LogP contribution in [-0.4, -0.2) is 142 Å². The van der Waals surface area contributed by atoms with Crippen LogP contribution in [0, 0.1) is 11.6 Å². The van der Waals surface area contributed by atoms with E-state index in [0.717, 1.165) is 21.3 Å². The van der Waals surface area contributed by atoms with Crippen LogP contribution in [0.4, 0.5) is 18.9 Å². The topological polar surface area (TPSA) is 217 Å². The van der Waals surface area contributed by atoms with Crippen molar-refractivity contribution in [3.63, 3.8) is 0 Å². The molecule has 2 saturated heterocycles. The van der Waals surface area contributed by atoms with Crippen LogP contribution >= 0.6 is 0 Å². The molecule has 1 unspecified atom stereocenters. The molecule has 22 heteroatoms. The van der Waals surface area contributed by atoms with E-state index < -0.39 is 75.4 Å². The number of hydrogen-bond donors (Lipinski definition) is 3. The highest BCUT2D eigenvalue weighted by molar-refractivity contribution is 7.90. The highest BCUT2D eigenvalue weighted by Gasteiger charge is 2.44. The molecule has 18 nitrogen and oxygen atoms in total. The average Bonchev–Trinajstić information content (AvgIpc) is 4.05. The van der Waals surface area contributed by atoms with Gasteiger partial charge in [-0.2, -0.15) is 12.7 Å². The Morgan fingerprint density at radius 1 is 0.786 bits per heavy atom. The fraction of sp³-hybridized carbons (Fsp3) is 0.354. The minimum Gasteiger partial charge on any atom is -0.491 e. The summed E-state index contributed by atoms with van der Waals surface area (Å²) in [4.78, 5) is 60.2. The summed E-state index contributed by atoms with van der Waals surface area (Å²) in [5, 5.41) is 2.89. The number of hydrogen-bond acceptors (Lipinski definition) is 13. The number of rotatable bonds is 24. The second kappa shape index (κ2) is 22.4. The lowest BCUT2D eigenvalue weighted by molar-refractivity contribution is -0.125. The number of nitrogens with one attached hydrogen (secondary N) is 3. The SMILES string of the molecule is C=C1CCC(N2C(=O)c3ccc(OCCOCCOCCOCCOCCOc4ccc(-c5cnc6[nH]cc(C(=O)c7c(F)ccc(NS(=O)(=O)N8CC[C@@H](F)C8)c7F)c6c5)cc4)cc3C2=O)C(=O)N1. The Hall–Kier alpha value is -6.69. The van der Waals surface area contributed by atoms with E-state index in [0.29, 0.717) is 87.4 Å². The largest absolute Gasteiger partial charge is 0.491 e. The van der Waals surface area contributed by atoms with Crippen LogP contribution in [0.2, 0.25) is 0 Å². The first-order chi connectivity index (χ1) is 33.8. The standard InChI is InChI=1S/C48H49F3N6O12S/c1-29-2-11-41(46(59)54-29)57-47(60)35-8-7-34(25-37(35)48(57)61)69-23-21-67-19-17-65-15-14-64-16-18-66-20-22-68-33-5-3-30(4-6-33)31-24-36-38(27-53-45(36)52-26-31)44(58)42-39(50)9-10-40(43(42)51)55-70(62,63)56-13-12-32(49)28-56/h3-10,24-27,32,41,55H,1-2,11-23,28H2,(H,52,53)(H,54,59)/t32-,41?/m1/s1. The molecule has 5 heterocycles. The van der Waals surface area contributed by atoms with Gasteiger partial charge < -0.3 is 38.7 Å². The van der Waals surface area contributed by atoms with Crippen molar-refractivity contribution in [3.05, 3.63) is 119 Å². The molecule has 70 heavy (non-hydrogen) atoms. The molecule has 370 valence electrons. The lowest BCUT2D eigenvalue weighted by atomic mass is 10.00. The maximum Gasteiger partial charge on any atom is 0.301 e. The van der Waals surface area contributed by atoms with E-state index in [4.69, 9.17) is 28.4 Å². The van der Waals surface area contributed by atoms with Crippen LogP contribution in [0.1, 0.15) is 55.9 Å². The first-order valence-electron chi connectivity index (χ1n) is 22.4. The molecule has 0 saturated carbocycles. The van der Waals surface area contributed by atoms with Gasteiger partial charge in [-0.05, 0) is 73.4 Å². The van der Waals surface area contributed by atoms with E-state index in [1.54, 1.807) is 42.6 Å². The van der Waals surface area contributed by atoms with Crippen LogP contribution in [0.25, 0.3) is 22.2 Å². The predicted molar refractivity (Wildman–Crippen MR) is 246 cm³/mol. The zero-order valence-corrected chi connectivity index (χ0v) is 38.5. The minimum atomic E-state index is -4.37. The Balaban J connectivity index is 0.684. The first-order valence-corrected chi connectivity index (χ1v) is 23.8. The molecule has 3 aliphatic rings. The second-order valence-electron chi connectivity index (χ2n) is 16.3. The third-order valence-corrected chi connectivity index (χ3v) is 13.1. The Labute approximate surface area is 400 Å². The number of ketones is 1. The molecule has 3 N–H and O–H groups in total. The molecular weight excluding hydrogens is 942 g/mol. The highest BCUT2D eigenvalue weighted by atomic mass is 32.2. The van der Waals surface area contributed by atoms with Crippen molar-refractivity contribution < 1.29 is 69.2 Å². The van der Waals surface area contributed by atoms with E-state index in [-0.39, 0.29) is 60.5 Å². The van der Waals surface area contributed by atoms with Gasteiger partial charge in [0.05, 0.1) is 75.2 Å².